The number of hydrogen-bond acceptors (Lipinski definition) is 3. The van der Waals surface area contributed by atoms with E-state index in [0.29, 0.717) is 17.2 Å². The van der Waals surface area contributed by atoms with Gasteiger partial charge in [-0.05, 0) is 42.2 Å². The highest BCUT2D eigenvalue weighted by molar-refractivity contribution is 5.95. The molecule has 0 aromatic heterocycles. The van der Waals surface area contributed by atoms with E-state index in [1.807, 2.05) is 0 Å². The number of nitrogens with one attached hydrogen (secondary N) is 1. The summed E-state index contributed by atoms with van der Waals surface area (Å²) in [5, 5.41) is 2.90. The molecule has 5 heteroatoms. The SMILES string of the molecule is O=C(Nc1ccc2c(c1)OCO2)C1CC1c1ccc(F)cc1. The van der Waals surface area contributed by atoms with Gasteiger partial charge in [0.2, 0.25) is 12.7 Å². The molecule has 2 aliphatic rings. The lowest BCUT2D eigenvalue weighted by Gasteiger charge is -2.06. The number of ether oxygens (including phenoxy) is 2. The third-order valence-corrected chi connectivity index (χ3v) is 4.07. The fourth-order valence-electron chi connectivity index (χ4n) is 2.77. The van der Waals surface area contributed by atoms with Crippen molar-refractivity contribution in [3.8, 4) is 11.5 Å². The molecule has 0 saturated heterocycles. The van der Waals surface area contributed by atoms with Crippen molar-refractivity contribution < 1.29 is 18.7 Å². The third kappa shape index (κ3) is 2.39. The number of halogens is 1. The van der Waals surface area contributed by atoms with E-state index in [1.165, 1.54) is 12.1 Å². The molecule has 22 heavy (non-hydrogen) atoms. The number of fused-ring (bicyclic) bond motifs is 1. The quantitative estimate of drug-likeness (QED) is 0.946. The van der Waals surface area contributed by atoms with Crippen LogP contribution in [0.2, 0.25) is 0 Å². The summed E-state index contributed by atoms with van der Waals surface area (Å²) in [6.07, 6.45) is 0.794. The summed E-state index contributed by atoms with van der Waals surface area (Å²) < 4.78 is 23.4. The Bertz CT molecular complexity index is 729. The van der Waals surface area contributed by atoms with Crippen molar-refractivity contribution in [3.63, 3.8) is 0 Å². The lowest BCUT2D eigenvalue weighted by atomic mass is 10.1. The first-order valence-electron chi connectivity index (χ1n) is 7.17. The minimum atomic E-state index is -0.259. The second kappa shape index (κ2) is 5.02. The number of anilines is 1. The molecule has 1 heterocycles. The maximum atomic E-state index is 12.9. The van der Waals surface area contributed by atoms with E-state index in [0.717, 1.165) is 12.0 Å². The highest BCUT2D eigenvalue weighted by Crippen LogP contribution is 2.48. The van der Waals surface area contributed by atoms with Gasteiger partial charge < -0.3 is 14.8 Å². The summed E-state index contributed by atoms with van der Waals surface area (Å²) in [6.45, 7) is 0.210. The van der Waals surface area contributed by atoms with E-state index >= 15 is 0 Å². The van der Waals surface area contributed by atoms with Gasteiger partial charge in [-0.2, -0.15) is 0 Å². The monoisotopic (exact) mass is 299 g/mol. The van der Waals surface area contributed by atoms with Crippen molar-refractivity contribution in [2.45, 2.75) is 12.3 Å². The van der Waals surface area contributed by atoms with Gasteiger partial charge in [0.05, 0.1) is 0 Å². The standard InChI is InChI=1S/C17H14FNO3/c18-11-3-1-10(2-4-11)13-8-14(13)17(20)19-12-5-6-15-16(7-12)22-9-21-15/h1-7,13-14H,8-9H2,(H,19,20). The van der Waals surface area contributed by atoms with Gasteiger partial charge in [0.25, 0.3) is 0 Å². The lowest BCUT2D eigenvalue weighted by Crippen LogP contribution is -2.14. The molecule has 1 fully saturated rings. The van der Waals surface area contributed by atoms with Crippen LogP contribution in [0.15, 0.2) is 42.5 Å². The average Bonchev–Trinajstić information content (AvgIpc) is 3.18. The zero-order valence-electron chi connectivity index (χ0n) is 11.7. The molecule has 1 N–H and O–H groups in total. The number of hydrogen-bond donors (Lipinski definition) is 1. The van der Waals surface area contributed by atoms with Crippen molar-refractivity contribution in [2.24, 2.45) is 5.92 Å². The summed E-state index contributed by atoms with van der Waals surface area (Å²) in [6, 6.07) is 11.7. The molecule has 4 rings (SSSR count). The normalized spacial score (nSPS) is 21.5. The summed E-state index contributed by atoms with van der Waals surface area (Å²) in [5.74, 6) is 1.17. The number of carbonyl (C=O) groups is 1. The molecule has 0 bridgehead atoms. The zero-order chi connectivity index (χ0) is 15.1. The highest BCUT2D eigenvalue weighted by atomic mass is 19.1. The Morgan fingerprint density at radius 2 is 1.86 bits per heavy atom. The fraction of sp³-hybridized carbons (Fsp3) is 0.235. The molecule has 4 nitrogen and oxygen atoms in total. The van der Waals surface area contributed by atoms with Gasteiger partial charge in [-0.15, -0.1) is 0 Å². The van der Waals surface area contributed by atoms with E-state index in [9.17, 15) is 9.18 Å². The molecule has 2 atom stereocenters. The molecule has 1 aliphatic heterocycles. The average molecular weight is 299 g/mol. The molecule has 2 aromatic rings. The van der Waals surface area contributed by atoms with Gasteiger partial charge in [0, 0.05) is 17.7 Å². The summed E-state index contributed by atoms with van der Waals surface area (Å²) in [7, 11) is 0. The first kappa shape index (κ1) is 13.1. The van der Waals surface area contributed by atoms with Crippen LogP contribution in [0, 0.1) is 11.7 Å². The third-order valence-electron chi connectivity index (χ3n) is 4.07. The fourth-order valence-corrected chi connectivity index (χ4v) is 2.77. The highest BCUT2D eigenvalue weighted by Gasteiger charge is 2.43. The minimum Gasteiger partial charge on any atom is -0.454 e. The van der Waals surface area contributed by atoms with Crippen molar-refractivity contribution in [1.29, 1.82) is 0 Å². The van der Waals surface area contributed by atoms with Crippen LogP contribution in [0.4, 0.5) is 10.1 Å². The van der Waals surface area contributed by atoms with Gasteiger partial charge >= 0.3 is 0 Å². The maximum absolute atomic E-state index is 12.9. The van der Waals surface area contributed by atoms with Crippen LogP contribution in [-0.2, 0) is 4.79 Å². The molecule has 2 aromatic carbocycles. The topological polar surface area (TPSA) is 47.6 Å². The van der Waals surface area contributed by atoms with Crippen molar-refractivity contribution in [3.05, 3.63) is 53.8 Å². The molecule has 2 unspecified atom stereocenters. The van der Waals surface area contributed by atoms with E-state index in [-0.39, 0.29) is 30.4 Å². The summed E-state index contributed by atoms with van der Waals surface area (Å²) >= 11 is 0. The van der Waals surface area contributed by atoms with Crippen LogP contribution in [-0.4, -0.2) is 12.7 Å². The van der Waals surface area contributed by atoms with Gasteiger partial charge in [0.1, 0.15) is 5.82 Å². The zero-order valence-corrected chi connectivity index (χ0v) is 11.7. The first-order valence-corrected chi connectivity index (χ1v) is 7.17. The number of amides is 1. The predicted octanol–water partition coefficient (Wildman–Crippen LogP) is 3.30. The van der Waals surface area contributed by atoms with E-state index in [4.69, 9.17) is 9.47 Å². The van der Waals surface area contributed by atoms with Crippen LogP contribution in [0.25, 0.3) is 0 Å². The Balaban J connectivity index is 1.42. The molecule has 0 radical (unpaired) electrons. The number of carbonyl (C=O) groups excluding carboxylic acids is 1. The Hall–Kier alpha value is -2.56. The predicted molar refractivity (Wildman–Crippen MR) is 78.4 cm³/mol. The summed E-state index contributed by atoms with van der Waals surface area (Å²) in [4.78, 5) is 12.3. The van der Waals surface area contributed by atoms with Gasteiger partial charge in [-0.25, -0.2) is 4.39 Å². The van der Waals surface area contributed by atoms with Crippen molar-refractivity contribution in [2.75, 3.05) is 12.1 Å². The van der Waals surface area contributed by atoms with Gasteiger partial charge in [0.15, 0.2) is 11.5 Å². The second-order valence-electron chi connectivity index (χ2n) is 5.56. The Morgan fingerprint density at radius 3 is 2.68 bits per heavy atom. The molecule has 0 spiro atoms. The lowest BCUT2D eigenvalue weighted by molar-refractivity contribution is -0.117. The van der Waals surface area contributed by atoms with Gasteiger partial charge in [-0.3, -0.25) is 4.79 Å². The van der Waals surface area contributed by atoms with E-state index in [1.54, 1.807) is 30.3 Å². The van der Waals surface area contributed by atoms with Crippen LogP contribution in [0.3, 0.4) is 0 Å². The van der Waals surface area contributed by atoms with E-state index in [2.05, 4.69) is 5.32 Å². The van der Waals surface area contributed by atoms with E-state index < -0.39 is 0 Å². The Morgan fingerprint density at radius 1 is 1.09 bits per heavy atom. The molecular weight excluding hydrogens is 285 g/mol. The van der Waals surface area contributed by atoms with Crippen LogP contribution in [0.1, 0.15) is 17.9 Å². The van der Waals surface area contributed by atoms with Crippen LogP contribution in [0.5, 0.6) is 11.5 Å². The Kier molecular flexibility index (Phi) is 2.99. The first-order chi connectivity index (χ1) is 10.7. The molecule has 1 aliphatic carbocycles. The van der Waals surface area contributed by atoms with Crippen LogP contribution < -0.4 is 14.8 Å². The maximum Gasteiger partial charge on any atom is 0.231 e. The van der Waals surface area contributed by atoms with Gasteiger partial charge in [-0.1, -0.05) is 12.1 Å². The Labute approximate surface area is 126 Å². The molecular formula is C17H14FNO3. The van der Waals surface area contributed by atoms with Crippen LogP contribution >= 0.6 is 0 Å². The smallest absolute Gasteiger partial charge is 0.231 e. The summed E-state index contributed by atoms with van der Waals surface area (Å²) in [5.41, 5.74) is 1.70. The second-order valence-corrected chi connectivity index (χ2v) is 5.56. The largest absolute Gasteiger partial charge is 0.454 e. The van der Waals surface area contributed by atoms with Crippen molar-refractivity contribution >= 4 is 11.6 Å². The van der Waals surface area contributed by atoms with Crippen molar-refractivity contribution in [1.82, 2.24) is 0 Å². The minimum absolute atomic E-state index is 0.0202. The number of benzene rings is 2. The molecule has 1 amide bonds. The molecule has 112 valence electrons. The number of rotatable bonds is 3. The molecule has 1 saturated carbocycles.